The summed E-state index contributed by atoms with van der Waals surface area (Å²) in [5, 5.41) is 14.2. The topological polar surface area (TPSA) is 49.8 Å². The molecule has 0 saturated carbocycles. The molecular weight excluding hydrogens is 360 g/mol. The third-order valence-electron chi connectivity index (χ3n) is 3.88. The van der Waals surface area contributed by atoms with E-state index in [4.69, 9.17) is 4.42 Å². The standard InChI is InChI=1S/C21H14N2OS2/c1-14-4-6-15(7-5-14)19-9-8-17(24-19)11-16(12-22)21-23-18(13-26-21)20-3-2-10-25-20/h2-11,13H,1H3/b16-11+. The highest BCUT2D eigenvalue weighted by Gasteiger charge is 2.11. The Morgan fingerprint density at radius 2 is 1.96 bits per heavy atom. The molecule has 5 heteroatoms. The Balaban J connectivity index is 1.62. The van der Waals surface area contributed by atoms with Gasteiger partial charge in [-0.3, -0.25) is 0 Å². The van der Waals surface area contributed by atoms with E-state index < -0.39 is 0 Å². The number of hydrogen-bond donors (Lipinski definition) is 0. The number of hydrogen-bond acceptors (Lipinski definition) is 5. The largest absolute Gasteiger partial charge is 0.457 e. The van der Waals surface area contributed by atoms with Gasteiger partial charge in [-0.25, -0.2) is 4.98 Å². The zero-order valence-corrected chi connectivity index (χ0v) is 15.6. The van der Waals surface area contributed by atoms with Gasteiger partial charge < -0.3 is 4.42 Å². The number of allylic oxidation sites excluding steroid dienone is 1. The van der Waals surface area contributed by atoms with E-state index in [0.717, 1.165) is 21.9 Å². The molecule has 0 aliphatic heterocycles. The minimum atomic E-state index is 0.502. The Labute approximate surface area is 159 Å². The van der Waals surface area contributed by atoms with Gasteiger partial charge in [0.15, 0.2) is 0 Å². The van der Waals surface area contributed by atoms with Crippen LogP contribution in [0.1, 0.15) is 16.3 Å². The molecule has 3 heterocycles. The number of aromatic nitrogens is 1. The minimum absolute atomic E-state index is 0.502. The summed E-state index contributed by atoms with van der Waals surface area (Å²) in [5.41, 5.74) is 3.63. The first-order valence-corrected chi connectivity index (χ1v) is 9.77. The molecule has 0 bridgehead atoms. The van der Waals surface area contributed by atoms with Gasteiger partial charge in [-0.1, -0.05) is 35.9 Å². The van der Waals surface area contributed by atoms with Crippen molar-refractivity contribution in [2.24, 2.45) is 0 Å². The maximum atomic E-state index is 9.54. The van der Waals surface area contributed by atoms with Gasteiger partial charge in [-0.15, -0.1) is 22.7 Å². The highest BCUT2D eigenvalue weighted by molar-refractivity contribution is 7.14. The molecule has 0 saturated heterocycles. The molecule has 1 aromatic carbocycles. The SMILES string of the molecule is Cc1ccc(-c2ccc(/C=C(\C#N)c3nc(-c4cccs4)cs3)o2)cc1. The van der Waals surface area contributed by atoms with Crippen molar-refractivity contribution >= 4 is 34.3 Å². The van der Waals surface area contributed by atoms with Crippen molar-refractivity contribution in [3.63, 3.8) is 0 Å². The Kier molecular flexibility index (Phi) is 4.53. The van der Waals surface area contributed by atoms with E-state index in [0.29, 0.717) is 16.3 Å². The molecule has 126 valence electrons. The molecule has 0 spiro atoms. The van der Waals surface area contributed by atoms with Gasteiger partial charge in [0.05, 0.1) is 16.1 Å². The molecule has 3 aromatic heterocycles. The fourth-order valence-corrected chi connectivity index (χ4v) is 4.07. The van der Waals surface area contributed by atoms with Gasteiger partial charge >= 0.3 is 0 Å². The zero-order valence-electron chi connectivity index (χ0n) is 14.0. The number of nitriles is 1. The first kappa shape index (κ1) is 16.5. The molecule has 0 unspecified atom stereocenters. The molecule has 0 atom stereocenters. The van der Waals surface area contributed by atoms with Crippen LogP contribution < -0.4 is 0 Å². The van der Waals surface area contributed by atoms with Gasteiger partial charge in [0, 0.05) is 17.0 Å². The summed E-state index contributed by atoms with van der Waals surface area (Å²) >= 11 is 3.11. The number of aryl methyl sites for hydroxylation is 1. The average molecular weight is 374 g/mol. The van der Waals surface area contributed by atoms with Crippen molar-refractivity contribution in [2.45, 2.75) is 6.92 Å². The summed E-state index contributed by atoms with van der Waals surface area (Å²) in [7, 11) is 0. The zero-order chi connectivity index (χ0) is 17.9. The first-order valence-electron chi connectivity index (χ1n) is 8.01. The summed E-state index contributed by atoms with van der Waals surface area (Å²) in [6.45, 7) is 2.05. The smallest absolute Gasteiger partial charge is 0.134 e. The summed E-state index contributed by atoms with van der Waals surface area (Å²) in [5.74, 6) is 1.43. The maximum Gasteiger partial charge on any atom is 0.134 e. The van der Waals surface area contributed by atoms with Crippen LogP contribution >= 0.6 is 22.7 Å². The van der Waals surface area contributed by atoms with Crippen LogP contribution in [0.15, 0.2) is 63.7 Å². The third kappa shape index (κ3) is 3.38. The van der Waals surface area contributed by atoms with E-state index in [-0.39, 0.29) is 0 Å². The first-order chi connectivity index (χ1) is 12.7. The number of thiophene rings is 1. The van der Waals surface area contributed by atoms with E-state index in [1.807, 2.05) is 47.2 Å². The predicted octanol–water partition coefficient (Wildman–Crippen LogP) is 6.50. The lowest BCUT2D eigenvalue weighted by Crippen LogP contribution is -1.80. The van der Waals surface area contributed by atoms with Crippen LogP contribution in [-0.2, 0) is 0 Å². The minimum Gasteiger partial charge on any atom is -0.457 e. The molecule has 4 rings (SSSR count). The van der Waals surface area contributed by atoms with Crippen molar-refractivity contribution in [2.75, 3.05) is 0 Å². The highest BCUT2D eigenvalue weighted by Crippen LogP contribution is 2.30. The Morgan fingerprint density at radius 3 is 2.69 bits per heavy atom. The van der Waals surface area contributed by atoms with Crippen LogP contribution in [-0.4, -0.2) is 4.98 Å². The Morgan fingerprint density at radius 1 is 1.12 bits per heavy atom. The van der Waals surface area contributed by atoms with Gasteiger partial charge in [0.2, 0.25) is 0 Å². The van der Waals surface area contributed by atoms with E-state index in [1.54, 1.807) is 17.4 Å². The number of furan rings is 1. The van der Waals surface area contributed by atoms with E-state index >= 15 is 0 Å². The normalized spacial score (nSPS) is 11.5. The lowest BCUT2D eigenvalue weighted by atomic mass is 10.1. The number of rotatable bonds is 4. The molecule has 0 aliphatic rings. The van der Waals surface area contributed by atoms with Gasteiger partial charge in [-0.2, -0.15) is 5.26 Å². The van der Waals surface area contributed by atoms with E-state index in [1.165, 1.54) is 16.9 Å². The third-order valence-corrected chi connectivity index (χ3v) is 5.65. The number of benzene rings is 1. The molecule has 0 amide bonds. The van der Waals surface area contributed by atoms with Crippen molar-refractivity contribution in [3.8, 4) is 28.0 Å². The van der Waals surface area contributed by atoms with Gasteiger partial charge in [0.25, 0.3) is 0 Å². The van der Waals surface area contributed by atoms with Gasteiger partial charge in [-0.05, 0) is 30.5 Å². The summed E-state index contributed by atoms with van der Waals surface area (Å²) in [6, 6.07) is 18.2. The van der Waals surface area contributed by atoms with E-state index in [2.05, 4.69) is 30.1 Å². The second-order valence-electron chi connectivity index (χ2n) is 5.75. The monoisotopic (exact) mass is 374 g/mol. The summed E-state index contributed by atoms with van der Waals surface area (Å²) < 4.78 is 5.89. The molecular formula is C21H14N2OS2. The molecule has 3 nitrogen and oxygen atoms in total. The lowest BCUT2D eigenvalue weighted by Gasteiger charge is -1.97. The van der Waals surface area contributed by atoms with Crippen LogP contribution in [0.4, 0.5) is 0 Å². The fourth-order valence-electron chi connectivity index (χ4n) is 2.52. The molecule has 0 fully saturated rings. The second kappa shape index (κ2) is 7.12. The number of thiazole rings is 1. The molecule has 26 heavy (non-hydrogen) atoms. The second-order valence-corrected chi connectivity index (χ2v) is 7.56. The Bertz CT molecular complexity index is 1090. The predicted molar refractivity (Wildman–Crippen MR) is 108 cm³/mol. The van der Waals surface area contributed by atoms with Crippen LogP contribution in [0.25, 0.3) is 33.5 Å². The average Bonchev–Trinajstić information content (AvgIpc) is 3.40. The van der Waals surface area contributed by atoms with Crippen LogP contribution in [0.5, 0.6) is 0 Å². The van der Waals surface area contributed by atoms with Crippen LogP contribution in [0, 0.1) is 18.3 Å². The summed E-state index contributed by atoms with van der Waals surface area (Å²) in [4.78, 5) is 5.69. The lowest BCUT2D eigenvalue weighted by molar-refractivity contribution is 0.572. The number of nitrogens with zero attached hydrogens (tertiary/aromatic N) is 2. The highest BCUT2D eigenvalue weighted by atomic mass is 32.1. The maximum absolute atomic E-state index is 9.54. The van der Waals surface area contributed by atoms with Crippen LogP contribution in [0.2, 0.25) is 0 Å². The van der Waals surface area contributed by atoms with Gasteiger partial charge in [0.1, 0.15) is 22.6 Å². The quantitative estimate of drug-likeness (QED) is 0.383. The molecule has 0 radical (unpaired) electrons. The molecule has 0 aliphatic carbocycles. The van der Waals surface area contributed by atoms with Crippen LogP contribution in [0.3, 0.4) is 0 Å². The molecule has 4 aromatic rings. The van der Waals surface area contributed by atoms with Crippen molar-refractivity contribution in [1.82, 2.24) is 4.98 Å². The van der Waals surface area contributed by atoms with Crippen molar-refractivity contribution in [3.05, 3.63) is 75.6 Å². The van der Waals surface area contributed by atoms with E-state index in [9.17, 15) is 5.26 Å². The Hall–Kier alpha value is -2.94. The van der Waals surface area contributed by atoms with Crippen molar-refractivity contribution < 1.29 is 4.42 Å². The summed E-state index contributed by atoms with van der Waals surface area (Å²) in [6.07, 6.45) is 1.74. The van der Waals surface area contributed by atoms with Crippen molar-refractivity contribution in [1.29, 1.82) is 5.26 Å². The fraction of sp³-hybridized carbons (Fsp3) is 0.0476. The molecule has 0 N–H and O–H groups in total.